The second-order valence-electron chi connectivity index (χ2n) is 6.66. The van der Waals surface area contributed by atoms with Crippen LogP contribution in [0.4, 0.5) is 0 Å². The molecule has 0 fully saturated rings. The van der Waals surface area contributed by atoms with Crippen molar-refractivity contribution in [3.8, 4) is 5.75 Å². The molecule has 0 saturated heterocycles. The Morgan fingerprint density at radius 1 is 1.46 bits per heavy atom. The molecule has 7 nitrogen and oxygen atoms in total. The van der Waals surface area contributed by atoms with Crippen LogP contribution in [0.5, 0.6) is 5.75 Å². The second-order valence-corrected chi connectivity index (χ2v) is 6.66. The number of carbonyl (C=O) groups is 1. The minimum absolute atomic E-state index is 0.0343. The Bertz CT molecular complexity index is 880. The topological polar surface area (TPSA) is 104 Å². The Labute approximate surface area is 150 Å². The van der Waals surface area contributed by atoms with E-state index in [1.54, 1.807) is 38.3 Å². The molecule has 1 aromatic heterocycles. The molecular formula is C19H22N2O5. The average molecular weight is 358 g/mol. The predicted octanol–water partition coefficient (Wildman–Crippen LogP) is 1.50. The Hall–Kier alpha value is -2.80. The normalized spacial score (nSPS) is 24.6. The molecule has 0 amide bonds. The molecule has 0 radical (unpaired) electrons. The maximum atomic E-state index is 12.8. The number of hydrogen-bond donors (Lipinski definition) is 3. The smallest absolute Gasteiger partial charge is 0.313 e. The molecule has 1 aliphatic rings. The highest BCUT2D eigenvalue weighted by Crippen LogP contribution is 2.45. The van der Waals surface area contributed by atoms with Gasteiger partial charge in [0, 0.05) is 23.6 Å². The third-order valence-electron chi connectivity index (χ3n) is 4.80. The molecule has 3 atom stereocenters. The molecular weight excluding hydrogens is 336 g/mol. The average Bonchev–Trinajstić information content (AvgIpc) is 2.97. The first kappa shape index (κ1) is 18.0. The highest BCUT2D eigenvalue weighted by molar-refractivity contribution is 5.77. The third-order valence-corrected chi connectivity index (χ3v) is 4.80. The van der Waals surface area contributed by atoms with E-state index in [0.29, 0.717) is 22.6 Å². The van der Waals surface area contributed by atoms with Crippen molar-refractivity contribution >= 4 is 5.97 Å². The number of methoxy groups -OCH3 is 1. The van der Waals surface area contributed by atoms with Gasteiger partial charge in [-0.15, -0.1) is 0 Å². The molecule has 0 bridgehead atoms. The summed E-state index contributed by atoms with van der Waals surface area (Å²) >= 11 is 0. The summed E-state index contributed by atoms with van der Waals surface area (Å²) in [5.41, 5.74) is -0.00332. The lowest BCUT2D eigenvalue weighted by Gasteiger charge is -2.40. The van der Waals surface area contributed by atoms with Gasteiger partial charge in [-0.1, -0.05) is 24.8 Å². The molecule has 1 aromatic carbocycles. The van der Waals surface area contributed by atoms with E-state index in [9.17, 15) is 14.7 Å². The molecule has 3 rings (SSSR count). The van der Waals surface area contributed by atoms with Crippen LogP contribution in [-0.2, 0) is 16.0 Å². The molecule has 2 aromatic rings. The van der Waals surface area contributed by atoms with Crippen LogP contribution in [0.2, 0.25) is 0 Å². The second kappa shape index (κ2) is 6.84. The van der Waals surface area contributed by atoms with E-state index in [4.69, 9.17) is 9.47 Å². The zero-order valence-electron chi connectivity index (χ0n) is 14.7. The van der Waals surface area contributed by atoms with Crippen LogP contribution in [0, 0.1) is 5.92 Å². The number of aliphatic hydroxyl groups is 1. The van der Waals surface area contributed by atoms with E-state index < -0.39 is 23.4 Å². The van der Waals surface area contributed by atoms with Crippen LogP contribution in [-0.4, -0.2) is 40.6 Å². The fourth-order valence-corrected chi connectivity index (χ4v) is 3.68. The summed E-state index contributed by atoms with van der Waals surface area (Å²) in [5.74, 6) is -1.59. The van der Waals surface area contributed by atoms with Crippen molar-refractivity contribution in [3.05, 3.63) is 64.1 Å². The number of fused-ring (bicyclic) bond motifs is 1. The number of aromatic amines is 2. The lowest BCUT2D eigenvalue weighted by Crippen LogP contribution is -2.50. The van der Waals surface area contributed by atoms with Crippen LogP contribution >= 0.6 is 0 Å². The van der Waals surface area contributed by atoms with Gasteiger partial charge in [0.2, 0.25) is 0 Å². The molecule has 1 aliphatic carbocycles. The first-order chi connectivity index (χ1) is 12.4. The van der Waals surface area contributed by atoms with Crippen molar-refractivity contribution in [2.45, 2.75) is 24.9 Å². The number of ether oxygens (including phenoxy) is 2. The van der Waals surface area contributed by atoms with E-state index in [0.717, 1.165) is 0 Å². The van der Waals surface area contributed by atoms with Gasteiger partial charge in [-0.3, -0.25) is 14.7 Å². The number of H-pyrrole nitrogens is 2. The number of aromatic nitrogens is 2. The molecule has 1 heterocycles. The van der Waals surface area contributed by atoms with Crippen molar-refractivity contribution in [1.29, 1.82) is 0 Å². The quantitative estimate of drug-likeness (QED) is 0.555. The molecule has 0 aliphatic heterocycles. The monoisotopic (exact) mass is 358 g/mol. The van der Waals surface area contributed by atoms with Gasteiger partial charge in [0.05, 0.1) is 18.6 Å². The fraction of sp³-hybridized carbons (Fsp3) is 0.368. The maximum Gasteiger partial charge on any atom is 0.313 e. The van der Waals surface area contributed by atoms with Gasteiger partial charge >= 0.3 is 5.97 Å². The minimum atomic E-state index is -1.40. The lowest BCUT2D eigenvalue weighted by molar-refractivity contribution is -0.158. The summed E-state index contributed by atoms with van der Waals surface area (Å²) in [5, 5.41) is 16.4. The first-order valence-corrected chi connectivity index (χ1v) is 8.32. The van der Waals surface area contributed by atoms with Gasteiger partial charge in [0.15, 0.2) is 0 Å². The maximum absolute atomic E-state index is 12.8. The molecule has 26 heavy (non-hydrogen) atoms. The predicted molar refractivity (Wildman–Crippen MR) is 95.2 cm³/mol. The molecule has 138 valence electrons. The first-order valence-electron chi connectivity index (χ1n) is 8.32. The molecule has 0 saturated carbocycles. The van der Waals surface area contributed by atoms with Gasteiger partial charge < -0.3 is 19.7 Å². The van der Waals surface area contributed by atoms with Crippen LogP contribution in [0.3, 0.4) is 0 Å². The summed E-state index contributed by atoms with van der Waals surface area (Å²) in [6.45, 7) is 5.15. The Balaban J connectivity index is 2.18. The van der Waals surface area contributed by atoms with Gasteiger partial charge in [-0.25, -0.2) is 0 Å². The van der Waals surface area contributed by atoms with E-state index in [2.05, 4.69) is 16.8 Å². The van der Waals surface area contributed by atoms with Crippen molar-refractivity contribution in [1.82, 2.24) is 10.2 Å². The Morgan fingerprint density at radius 3 is 2.92 bits per heavy atom. The zero-order chi connectivity index (χ0) is 18.9. The van der Waals surface area contributed by atoms with Crippen LogP contribution in [0.1, 0.15) is 29.7 Å². The number of benzene rings is 1. The van der Waals surface area contributed by atoms with Crippen molar-refractivity contribution in [2.75, 3.05) is 13.7 Å². The van der Waals surface area contributed by atoms with Gasteiger partial charge in [-0.05, 0) is 24.6 Å². The van der Waals surface area contributed by atoms with Gasteiger partial charge in [0.1, 0.15) is 12.4 Å². The zero-order valence-corrected chi connectivity index (χ0v) is 14.7. The minimum Gasteiger partial charge on any atom is -0.497 e. The number of nitrogens with one attached hydrogen (secondary N) is 2. The van der Waals surface area contributed by atoms with Crippen molar-refractivity contribution in [2.24, 2.45) is 5.92 Å². The largest absolute Gasteiger partial charge is 0.497 e. The molecule has 7 heteroatoms. The Morgan fingerprint density at radius 2 is 2.23 bits per heavy atom. The number of carbonyl (C=O) groups excluding carboxylic acids is 1. The van der Waals surface area contributed by atoms with Crippen molar-refractivity contribution in [3.63, 3.8) is 0 Å². The van der Waals surface area contributed by atoms with Gasteiger partial charge in [0.25, 0.3) is 5.56 Å². The van der Waals surface area contributed by atoms with E-state index >= 15 is 0 Å². The summed E-state index contributed by atoms with van der Waals surface area (Å²) in [7, 11) is 1.54. The summed E-state index contributed by atoms with van der Waals surface area (Å²) in [6, 6.07) is 7.12. The molecule has 3 unspecified atom stereocenters. The third kappa shape index (κ3) is 3.06. The highest BCUT2D eigenvalue weighted by atomic mass is 16.5. The SMILES string of the molecule is C=CCOC(=O)C1C(c2cccc(OC)c2)c2c([nH][nH]c2=O)CC1(C)O. The standard InChI is InChI=1S/C19H22N2O5/c1-4-8-26-18(23)16-14(11-6-5-7-12(9-11)25-3)15-13(10-19(16,2)24)20-21-17(15)22/h4-7,9,14,16,24H,1,8,10H2,2-3H3,(H2,20,21,22). The molecule has 0 spiro atoms. The molecule has 3 N–H and O–H groups in total. The number of rotatable bonds is 5. The van der Waals surface area contributed by atoms with Crippen LogP contribution in [0.15, 0.2) is 41.7 Å². The van der Waals surface area contributed by atoms with Gasteiger partial charge in [-0.2, -0.15) is 0 Å². The number of esters is 1. The van der Waals surface area contributed by atoms with E-state index in [1.165, 1.54) is 6.08 Å². The van der Waals surface area contributed by atoms with Crippen LogP contribution in [0.25, 0.3) is 0 Å². The Kier molecular flexibility index (Phi) is 4.73. The summed E-state index contributed by atoms with van der Waals surface area (Å²) in [4.78, 5) is 25.2. The number of hydrogen-bond acceptors (Lipinski definition) is 5. The van der Waals surface area contributed by atoms with Crippen molar-refractivity contribution < 1.29 is 19.4 Å². The summed E-state index contributed by atoms with van der Waals surface area (Å²) < 4.78 is 10.5. The summed E-state index contributed by atoms with van der Waals surface area (Å²) in [6.07, 6.45) is 1.60. The lowest BCUT2D eigenvalue weighted by atomic mass is 9.66. The van der Waals surface area contributed by atoms with Crippen LogP contribution < -0.4 is 10.3 Å². The highest BCUT2D eigenvalue weighted by Gasteiger charge is 2.51. The van der Waals surface area contributed by atoms with E-state index in [1.807, 2.05) is 0 Å². The van der Waals surface area contributed by atoms with E-state index in [-0.39, 0.29) is 18.6 Å². The fourth-order valence-electron chi connectivity index (χ4n) is 3.68.